The second-order valence-electron chi connectivity index (χ2n) is 4.28. The number of nitrogens with one attached hydrogen (secondary N) is 2. The molecule has 2 N–H and O–H groups in total. The molecule has 2 rings (SSSR count). The van der Waals surface area contributed by atoms with E-state index in [0.29, 0.717) is 6.54 Å². The Morgan fingerprint density at radius 3 is 2.29 bits per heavy atom. The van der Waals surface area contributed by atoms with Gasteiger partial charge in [-0.15, -0.1) is 0 Å². The molecular weight excluding hydrogens is 294 g/mol. The van der Waals surface area contributed by atoms with Gasteiger partial charge in [0, 0.05) is 18.3 Å². The summed E-state index contributed by atoms with van der Waals surface area (Å²) >= 11 is 4.93. The van der Waals surface area contributed by atoms with Gasteiger partial charge in [0.2, 0.25) is 0 Å². The Morgan fingerprint density at radius 1 is 1.05 bits per heavy atom. The Labute approximate surface area is 126 Å². The first-order chi connectivity index (χ1) is 10.0. The highest BCUT2D eigenvalue weighted by molar-refractivity contribution is 7.82. The molecular formula is C15H12F2N2OS. The minimum atomic E-state index is -0.770. The van der Waals surface area contributed by atoms with Gasteiger partial charge in [0.25, 0.3) is 5.91 Å². The molecule has 0 aromatic heterocycles. The molecule has 0 aliphatic rings. The van der Waals surface area contributed by atoms with Crippen molar-refractivity contribution in [3.05, 3.63) is 65.7 Å². The SMILES string of the molecule is O=C(Nc1cc(F)cc(F)c1)C(=S)NCc1ccccc1. The molecule has 0 fully saturated rings. The van der Waals surface area contributed by atoms with Crippen molar-refractivity contribution >= 4 is 28.8 Å². The summed E-state index contributed by atoms with van der Waals surface area (Å²) in [5.41, 5.74) is 0.978. The van der Waals surface area contributed by atoms with Crippen molar-refractivity contribution in [2.45, 2.75) is 6.54 Å². The average Bonchev–Trinajstić information content (AvgIpc) is 2.44. The summed E-state index contributed by atoms with van der Waals surface area (Å²) < 4.78 is 26.0. The van der Waals surface area contributed by atoms with Crippen LogP contribution in [0.5, 0.6) is 0 Å². The number of hydrogen-bond donors (Lipinski definition) is 2. The molecule has 6 heteroatoms. The summed E-state index contributed by atoms with van der Waals surface area (Å²) in [5, 5.41) is 5.12. The van der Waals surface area contributed by atoms with Gasteiger partial charge in [0.05, 0.1) is 0 Å². The molecule has 3 nitrogen and oxygen atoms in total. The molecule has 0 spiro atoms. The summed E-state index contributed by atoms with van der Waals surface area (Å²) in [6, 6.07) is 12.1. The van der Waals surface area contributed by atoms with Crippen LogP contribution in [0.2, 0.25) is 0 Å². The third kappa shape index (κ3) is 4.61. The number of halogens is 2. The minimum Gasteiger partial charge on any atom is -0.368 e. The van der Waals surface area contributed by atoms with Crippen LogP contribution in [0, 0.1) is 11.6 Å². The van der Waals surface area contributed by atoms with E-state index >= 15 is 0 Å². The molecule has 2 aromatic carbocycles. The second-order valence-corrected chi connectivity index (χ2v) is 4.69. The predicted octanol–water partition coefficient (Wildman–Crippen LogP) is 3.02. The Morgan fingerprint density at radius 2 is 1.67 bits per heavy atom. The summed E-state index contributed by atoms with van der Waals surface area (Å²) in [4.78, 5) is 11.7. The molecule has 21 heavy (non-hydrogen) atoms. The van der Waals surface area contributed by atoms with Gasteiger partial charge in [0.15, 0.2) is 4.99 Å². The van der Waals surface area contributed by atoms with Gasteiger partial charge >= 0.3 is 0 Å². The van der Waals surface area contributed by atoms with Crippen molar-refractivity contribution in [1.82, 2.24) is 5.32 Å². The first-order valence-corrected chi connectivity index (χ1v) is 6.54. The zero-order valence-electron chi connectivity index (χ0n) is 10.9. The zero-order valence-corrected chi connectivity index (χ0v) is 11.7. The summed E-state index contributed by atoms with van der Waals surface area (Å²) in [5.74, 6) is -2.16. The van der Waals surface area contributed by atoms with Crippen molar-refractivity contribution < 1.29 is 13.6 Å². The second kappa shape index (κ2) is 6.90. The largest absolute Gasteiger partial charge is 0.368 e. The minimum absolute atomic E-state index is 0.0151. The lowest BCUT2D eigenvalue weighted by Crippen LogP contribution is -2.33. The smallest absolute Gasteiger partial charge is 0.283 e. The lowest BCUT2D eigenvalue weighted by molar-refractivity contribution is -0.110. The van der Waals surface area contributed by atoms with Gasteiger partial charge in [-0.25, -0.2) is 8.78 Å². The van der Waals surface area contributed by atoms with E-state index in [9.17, 15) is 13.6 Å². The average molecular weight is 306 g/mol. The van der Waals surface area contributed by atoms with Crippen LogP contribution in [-0.4, -0.2) is 10.9 Å². The summed E-state index contributed by atoms with van der Waals surface area (Å²) in [7, 11) is 0. The maximum atomic E-state index is 13.0. The van der Waals surface area contributed by atoms with Gasteiger partial charge in [-0.3, -0.25) is 4.79 Å². The zero-order chi connectivity index (χ0) is 15.2. The van der Waals surface area contributed by atoms with Crippen molar-refractivity contribution in [2.24, 2.45) is 0 Å². The molecule has 0 heterocycles. The monoisotopic (exact) mass is 306 g/mol. The molecule has 0 bridgehead atoms. The van der Waals surface area contributed by atoms with Crippen LogP contribution in [0.15, 0.2) is 48.5 Å². The number of hydrogen-bond acceptors (Lipinski definition) is 2. The molecule has 0 radical (unpaired) electrons. The molecule has 0 atom stereocenters. The topological polar surface area (TPSA) is 41.1 Å². The summed E-state index contributed by atoms with van der Waals surface area (Å²) in [6.07, 6.45) is 0. The number of carbonyl (C=O) groups is 1. The highest BCUT2D eigenvalue weighted by Gasteiger charge is 2.10. The van der Waals surface area contributed by atoms with E-state index < -0.39 is 17.5 Å². The number of carbonyl (C=O) groups excluding carboxylic acids is 1. The van der Waals surface area contributed by atoms with Crippen LogP contribution in [-0.2, 0) is 11.3 Å². The Hall–Kier alpha value is -2.34. The maximum absolute atomic E-state index is 13.0. The van der Waals surface area contributed by atoms with Gasteiger partial charge < -0.3 is 10.6 Å². The number of benzene rings is 2. The van der Waals surface area contributed by atoms with E-state index in [0.717, 1.165) is 23.8 Å². The normalized spacial score (nSPS) is 10.0. The first kappa shape index (κ1) is 15.1. The van der Waals surface area contributed by atoms with Crippen LogP contribution in [0.25, 0.3) is 0 Å². The first-order valence-electron chi connectivity index (χ1n) is 6.14. The van der Waals surface area contributed by atoms with E-state index in [2.05, 4.69) is 10.6 Å². The van der Waals surface area contributed by atoms with Crippen LogP contribution in [0.3, 0.4) is 0 Å². The van der Waals surface area contributed by atoms with Gasteiger partial charge in [-0.1, -0.05) is 42.5 Å². The lowest BCUT2D eigenvalue weighted by Gasteiger charge is -2.09. The van der Waals surface area contributed by atoms with Gasteiger partial charge in [-0.2, -0.15) is 0 Å². The standard InChI is InChI=1S/C15H12F2N2OS/c16-11-6-12(17)8-13(7-11)19-14(20)15(21)18-9-10-4-2-1-3-5-10/h1-8H,9H2,(H,18,21)(H,19,20). The van der Waals surface area contributed by atoms with E-state index in [4.69, 9.17) is 12.2 Å². The number of anilines is 1. The quantitative estimate of drug-likeness (QED) is 0.857. The van der Waals surface area contributed by atoms with Crippen LogP contribution < -0.4 is 10.6 Å². The Bertz CT molecular complexity index is 642. The maximum Gasteiger partial charge on any atom is 0.283 e. The molecule has 108 valence electrons. The third-order valence-corrected chi connectivity index (χ3v) is 2.95. The van der Waals surface area contributed by atoms with Crippen LogP contribution in [0.4, 0.5) is 14.5 Å². The van der Waals surface area contributed by atoms with Crippen LogP contribution in [0.1, 0.15) is 5.56 Å². The number of rotatable bonds is 3. The molecule has 0 saturated heterocycles. The van der Waals surface area contributed by atoms with E-state index in [1.165, 1.54) is 0 Å². The molecule has 0 unspecified atom stereocenters. The van der Waals surface area contributed by atoms with Gasteiger partial charge in [0.1, 0.15) is 11.6 Å². The van der Waals surface area contributed by atoms with Crippen LogP contribution >= 0.6 is 12.2 Å². The van der Waals surface area contributed by atoms with Gasteiger partial charge in [-0.05, 0) is 17.7 Å². The van der Waals surface area contributed by atoms with E-state index in [1.807, 2.05) is 30.3 Å². The van der Waals surface area contributed by atoms with Crippen molar-refractivity contribution in [2.75, 3.05) is 5.32 Å². The highest BCUT2D eigenvalue weighted by atomic mass is 32.1. The Balaban J connectivity index is 1.92. The fourth-order valence-corrected chi connectivity index (χ4v) is 1.80. The molecule has 0 saturated carbocycles. The third-order valence-electron chi connectivity index (χ3n) is 2.62. The lowest BCUT2D eigenvalue weighted by atomic mass is 10.2. The summed E-state index contributed by atoms with van der Waals surface area (Å²) in [6.45, 7) is 0.393. The fraction of sp³-hybridized carbons (Fsp3) is 0.0667. The van der Waals surface area contributed by atoms with Crippen molar-refractivity contribution in [3.63, 3.8) is 0 Å². The highest BCUT2D eigenvalue weighted by Crippen LogP contribution is 2.12. The molecule has 0 aliphatic heterocycles. The Kier molecular flexibility index (Phi) is 4.94. The number of amides is 1. The van der Waals surface area contributed by atoms with E-state index in [-0.39, 0.29) is 10.7 Å². The van der Waals surface area contributed by atoms with E-state index in [1.54, 1.807) is 0 Å². The van der Waals surface area contributed by atoms with Crippen molar-refractivity contribution in [1.29, 1.82) is 0 Å². The number of thiocarbonyl (C=S) groups is 1. The van der Waals surface area contributed by atoms with Crippen molar-refractivity contribution in [3.8, 4) is 0 Å². The molecule has 1 amide bonds. The fourth-order valence-electron chi connectivity index (χ4n) is 1.67. The molecule has 2 aromatic rings. The molecule has 0 aliphatic carbocycles. The predicted molar refractivity (Wildman–Crippen MR) is 80.9 cm³/mol.